The molecule has 0 saturated carbocycles. The second-order valence-corrected chi connectivity index (χ2v) is 6.14. The van der Waals surface area contributed by atoms with Crippen molar-refractivity contribution in [3.8, 4) is 0 Å². The standard InChI is InChI=1S/C16H15N3O4S/c1-23-9-11-10-4-2-3-5-12(10)24-15(11)16(22)17-13-6-7-19(18-13)8-14(20)21/h2-7H,8-9H2,1H3,(H,20,21)(H,17,18,22). The Balaban J connectivity index is 1.87. The molecular formula is C16H15N3O4S. The molecule has 0 spiro atoms. The molecule has 3 rings (SSSR count). The zero-order valence-corrected chi connectivity index (χ0v) is 13.7. The first-order chi connectivity index (χ1) is 11.6. The third-order valence-corrected chi connectivity index (χ3v) is 4.58. The highest BCUT2D eigenvalue weighted by Gasteiger charge is 2.19. The molecule has 0 bridgehead atoms. The van der Waals surface area contributed by atoms with Crippen LogP contribution in [0.25, 0.3) is 10.1 Å². The molecule has 1 aromatic carbocycles. The molecule has 0 atom stereocenters. The number of methoxy groups -OCH3 is 1. The van der Waals surface area contributed by atoms with Crippen molar-refractivity contribution in [1.29, 1.82) is 0 Å². The van der Waals surface area contributed by atoms with Crippen LogP contribution in [0.15, 0.2) is 36.5 Å². The van der Waals surface area contributed by atoms with E-state index in [1.807, 2.05) is 24.3 Å². The van der Waals surface area contributed by atoms with Gasteiger partial charge in [0.25, 0.3) is 5.91 Å². The summed E-state index contributed by atoms with van der Waals surface area (Å²) >= 11 is 1.39. The summed E-state index contributed by atoms with van der Waals surface area (Å²) < 4.78 is 7.48. The highest BCUT2D eigenvalue weighted by Crippen LogP contribution is 2.32. The Labute approximate surface area is 141 Å². The van der Waals surface area contributed by atoms with Crippen molar-refractivity contribution in [2.24, 2.45) is 0 Å². The van der Waals surface area contributed by atoms with E-state index in [1.54, 1.807) is 13.2 Å². The van der Waals surface area contributed by atoms with Crippen molar-refractivity contribution < 1.29 is 19.4 Å². The van der Waals surface area contributed by atoms with Crippen LogP contribution in [0.2, 0.25) is 0 Å². The molecule has 0 aliphatic heterocycles. The predicted molar refractivity (Wildman–Crippen MR) is 90.4 cm³/mol. The van der Waals surface area contributed by atoms with Gasteiger partial charge >= 0.3 is 5.97 Å². The fraction of sp³-hybridized carbons (Fsp3) is 0.188. The Morgan fingerprint density at radius 3 is 2.88 bits per heavy atom. The van der Waals surface area contributed by atoms with E-state index >= 15 is 0 Å². The summed E-state index contributed by atoms with van der Waals surface area (Å²) in [5.74, 6) is -0.978. The molecule has 8 heteroatoms. The van der Waals surface area contributed by atoms with E-state index in [9.17, 15) is 9.59 Å². The zero-order chi connectivity index (χ0) is 17.1. The van der Waals surface area contributed by atoms with Crippen LogP contribution in [0.4, 0.5) is 5.82 Å². The van der Waals surface area contributed by atoms with Gasteiger partial charge in [0.15, 0.2) is 5.82 Å². The molecule has 0 saturated heterocycles. The third kappa shape index (κ3) is 3.29. The van der Waals surface area contributed by atoms with E-state index in [0.29, 0.717) is 17.3 Å². The monoisotopic (exact) mass is 345 g/mol. The molecule has 1 amide bonds. The van der Waals surface area contributed by atoms with Crippen LogP contribution in [0, 0.1) is 0 Å². The number of carbonyl (C=O) groups is 2. The summed E-state index contributed by atoms with van der Waals surface area (Å²) in [4.78, 5) is 23.8. The Morgan fingerprint density at radius 2 is 2.12 bits per heavy atom. The number of carboxylic acid groups (broad SMARTS) is 1. The van der Waals surface area contributed by atoms with E-state index in [2.05, 4.69) is 10.4 Å². The Kier molecular flexibility index (Phi) is 4.59. The Bertz CT molecular complexity index is 900. The van der Waals surface area contributed by atoms with Gasteiger partial charge in [0.05, 0.1) is 11.5 Å². The number of benzene rings is 1. The van der Waals surface area contributed by atoms with Crippen LogP contribution in [0.5, 0.6) is 0 Å². The van der Waals surface area contributed by atoms with Crippen molar-refractivity contribution in [2.75, 3.05) is 12.4 Å². The van der Waals surface area contributed by atoms with Crippen LogP contribution >= 0.6 is 11.3 Å². The van der Waals surface area contributed by atoms with Crippen LogP contribution in [0.3, 0.4) is 0 Å². The lowest BCUT2D eigenvalue weighted by Gasteiger charge is -2.04. The van der Waals surface area contributed by atoms with E-state index in [4.69, 9.17) is 9.84 Å². The maximum absolute atomic E-state index is 12.6. The number of nitrogens with one attached hydrogen (secondary N) is 1. The molecule has 124 valence electrons. The molecule has 0 aliphatic rings. The zero-order valence-electron chi connectivity index (χ0n) is 12.9. The number of carbonyl (C=O) groups excluding carboxylic acids is 1. The Morgan fingerprint density at radius 1 is 1.33 bits per heavy atom. The van der Waals surface area contributed by atoms with Crippen LogP contribution in [0.1, 0.15) is 15.2 Å². The largest absolute Gasteiger partial charge is 0.480 e. The highest BCUT2D eigenvalue weighted by molar-refractivity contribution is 7.21. The number of fused-ring (bicyclic) bond motifs is 1. The molecule has 3 aromatic rings. The first kappa shape index (κ1) is 16.2. The van der Waals surface area contributed by atoms with Crippen LogP contribution in [-0.2, 0) is 22.7 Å². The highest BCUT2D eigenvalue weighted by atomic mass is 32.1. The minimum atomic E-state index is -0.997. The first-order valence-corrected chi connectivity index (χ1v) is 7.96. The van der Waals surface area contributed by atoms with Crippen LogP contribution in [-0.4, -0.2) is 33.9 Å². The number of hydrogen-bond acceptors (Lipinski definition) is 5. The quantitative estimate of drug-likeness (QED) is 0.716. The SMILES string of the molecule is COCc1c(C(=O)Nc2ccn(CC(=O)O)n2)sc2ccccc12. The summed E-state index contributed by atoms with van der Waals surface area (Å²) in [6.45, 7) is 0.0773. The molecule has 0 fully saturated rings. The lowest BCUT2D eigenvalue weighted by Crippen LogP contribution is -2.14. The average molecular weight is 345 g/mol. The smallest absolute Gasteiger partial charge is 0.325 e. The Hall–Kier alpha value is -2.71. The van der Waals surface area contributed by atoms with Gasteiger partial charge in [-0.2, -0.15) is 5.10 Å². The maximum atomic E-state index is 12.6. The van der Waals surface area contributed by atoms with Gasteiger partial charge in [0.2, 0.25) is 0 Å². The van der Waals surface area contributed by atoms with Crippen molar-refractivity contribution in [3.05, 3.63) is 47.0 Å². The van der Waals surface area contributed by atoms with Gasteiger partial charge < -0.3 is 15.2 Å². The number of thiophene rings is 1. The first-order valence-electron chi connectivity index (χ1n) is 7.14. The minimum Gasteiger partial charge on any atom is -0.480 e. The maximum Gasteiger partial charge on any atom is 0.325 e. The number of ether oxygens (including phenoxy) is 1. The van der Waals surface area contributed by atoms with Crippen molar-refractivity contribution in [2.45, 2.75) is 13.2 Å². The summed E-state index contributed by atoms with van der Waals surface area (Å²) in [5.41, 5.74) is 0.834. The lowest BCUT2D eigenvalue weighted by molar-refractivity contribution is -0.137. The summed E-state index contributed by atoms with van der Waals surface area (Å²) in [6.07, 6.45) is 1.50. The van der Waals surface area contributed by atoms with Gasteiger partial charge in [-0.3, -0.25) is 14.3 Å². The predicted octanol–water partition coefficient (Wildman–Crippen LogP) is 2.58. The normalized spacial score (nSPS) is 10.9. The number of aromatic nitrogens is 2. The van der Waals surface area contributed by atoms with Crippen LogP contribution < -0.4 is 5.32 Å². The number of amides is 1. The number of aliphatic carboxylic acids is 1. The lowest BCUT2D eigenvalue weighted by atomic mass is 10.1. The van der Waals surface area contributed by atoms with E-state index in [0.717, 1.165) is 15.6 Å². The van der Waals surface area contributed by atoms with Gasteiger partial charge in [-0.05, 0) is 11.5 Å². The molecule has 2 heterocycles. The van der Waals surface area contributed by atoms with E-state index < -0.39 is 5.97 Å². The van der Waals surface area contributed by atoms with Gasteiger partial charge in [-0.1, -0.05) is 18.2 Å². The van der Waals surface area contributed by atoms with Crippen molar-refractivity contribution in [3.63, 3.8) is 0 Å². The summed E-state index contributed by atoms with van der Waals surface area (Å²) in [5, 5.41) is 16.5. The van der Waals surface area contributed by atoms with Gasteiger partial charge in [-0.25, -0.2) is 0 Å². The summed E-state index contributed by atoms with van der Waals surface area (Å²) in [7, 11) is 1.59. The van der Waals surface area contributed by atoms with E-state index in [-0.39, 0.29) is 12.5 Å². The summed E-state index contributed by atoms with van der Waals surface area (Å²) in [6, 6.07) is 9.31. The topological polar surface area (TPSA) is 93.5 Å². The number of hydrogen-bond donors (Lipinski definition) is 2. The molecule has 7 nitrogen and oxygen atoms in total. The second kappa shape index (κ2) is 6.81. The molecule has 24 heavy (non-hydrogen) atoms. The number of anilines is 1. The van der Waals surface area contributed by atoms with Gasteiger partial charge in [0, 0.05) is 29.6 Å². The van der Waals surface area contributed by atoms with Gasteiger partial charge in [-0.15, -0.1) is 11.3 Å². The molecule has 0 aliphatic carbocycles. The molecule has 2 N–H and O–H groups in total. The van der Waals surface area contributed by atoms with Gasteiger partial charge in [0.1, 0.15) is 6.54 Å². The molecule has 0 unspecified atom stereocenters. The van der Waals surface area contributed by atoms with E-state index in [1.165, 1.54) is 22.2 Å². The van der Waals surface area contributed by atoms with Crippen molar-refractivity contribution >= 4 is 39.1 Å². The number of rotatable bonds is 6. The van der Waals surface area contributed by atoms with Crippen molar-refractivity contribution in [1.82, 2.24) is 9.78 Å². The fourth-order valence-corrected chi connectivity index (χ4v) is 3.50. The number of carboxylic acids is 1. The molecule has 2 aromatic heterocycles. The molecule has 0 radical (unpaired) electrons. The average Bonchev–Trinajstić information content (AvgIpc) is 3.12. The molecular weight excluding hydrogens is 330 g/mol. The fourth-order valence-electron chi connectivity index (χ4n) is 2.40. The third-order valence-electron chi connectivity index (χ3n) is 3.37. The minimum absolute atomic E-state index is 0.256. The number of nitrogens with zero attached hydrogens (tertiary/aromatic N) is 2. The second-order valence-electron chi connectivity index (χ2n) is 5.09.